The summed E-state index contributed by atoms with van der Waals surface area (Å²) in [5.74, 6) is -0.671. The number of rotatable bonds is 3. The van der Waals surface area contributed by atoms with E-state index in [2.05, 4.69) is 0 Å². The van der Waals surface area contributed by atoms with Crippen molar-refractivity contribution in [2.45, 2.75) is 38.9 Å². The Bertz CT molecular complexity index is 528. The van der Waals surface area contributed by atoms with Crippen LogP contribution >= 0.6 is 0 Å². The first kappa shape index (κ1) is 14.5. The van der Waals surface area contributed by atoms with Crippen molar-refractivity contribution in [2.75, 3.05) is 0 Å². The first-order valence-corrected chi connectivity index (χ1v) is 6.84. The van der Waals surface area contributed by atoms with E-state index in [4.69, 9.17) is 11.5 Å². The molecule has 0 saturated carbocycles. The highest BCUT2D eigenvalue weighted by atomic mass is 16.2. The van der Waals surface area contributed by atoms with E-state index in [0.29, 0.717) is 13.0 Å². The van der Waals surface area contributed by atoms with Gasteiger partial charge in [-0.25, -0.2) is 0 Å². The number of nitrogens with zero attached hydrogens (tertiary/aromatic N) is 1. The summed E-state index contributed by atoms with van der Waals surface area (Å²) in [6, 6.07) is 6.57. The van der Waals surface area contributed by atoms with Gasteiger partial charge in [0.15, 0.2) is 0 Å². The number of primary amides is 1. The van der Waals surface area contributed by atoms with Gasteiger partial charge in [0.05, 0.1) is 6.04 Å². The van der Waals surface area contributed by atoms with Crippen molar-refractivity contribution >= 4 is 11.8 Å². The standard InChI is InChI=1S/C15H21N3O2/c1-9(2)13(16)15(20)18-8-11-6-4-3-5-10(11)7-12(18)14(17)19/h3-6,9,12-13H,7-8,16H2,1-2H3,(H2,17,19)/t12-,13-/m0/s1. The number of nitrogens with two attached hydrogens (primary N) is 2. The van der Waals surface area contributed by atoms with E-state index in [1.54, 1.807) is 0 Å². The maximum Gasteiger partial charge on any atom is 0.240 e. The fraction of sp³-hybridized carbons (Fsp3) is 0.467. The van der Waals surface area contributed by atoms with Crippen LogP contribution in [0.5, 0.6) is 0 Å². The molecular weight excluding hydrogens is 254 g/mol. The topological polar surface area (TPSA) is 89.4 Å². The number of carbonyl (C=O) groups is 2. The zero-order chi connectivity index (χ0) is 14.9. The number of fused-ring (bicyclic) bond motifs is 1. The normalized spacial score (nSPS) is 19.6. The zero-order valence-corrected chi connectivity index (χ0v) is 11.9. The van der Waals surface area contributed by atoms with Crippen molar-refractivity contribution in [1.29, 1.82) is 0 Å². The summed E-state index contributed by atoms with van der Waals surface area (Å²) in [6.07, 6.45) is 0.460. The summed E-state index contributed by atoms with van der Waals surface area (Å²) in [5, 5.41) is 0. The molecule has 0 bridgehead atoms. The maximum absolute atomic E-state index is 12.5. The Hall–Kier alpha value is -1.88. The van der Waals surface area contributed by atoms with Gasteiger partial charge in [-0.3, -0.25) is 9.59 Å². The number of hydrogen-bond donors (Lipinski definition) is 2. The lowest BCUT2D eigenvalue weighted by atomic mass is 9.92. The minimum atomic E-state index is -0.609. The lowest BCUT2D eigenvalue weighted by Gasteiger charge is -2.37. The minimum absolute atomic E-state index is 0.0215. The number of hydrogen-bond acceptors (Lipinski definition) is 3. The minimum Gasteiger partial charge on any atom is -0.368 e. The Labute approximate surface area is 118 Å². The predicted molar refractivity (Wildman–Crippen MR) is 76.5 cm³/mol. The smallest absolute Gasteiger partial charge is 0.240 e. The van der Waals surface area contributed by atoms with Crippen LogP contribution < -0.4 is 11.5 Å². The first-order valence-electron chi connectivity index (χ1n) is 6.84. The van der Waals surface area contributed by atoms with Gasteiger partial charge >= 0.3 is 0 Å². The molecule has 0 fully saturated rings. The number of amides is 2. The molecule has 1 aromatic carbocycles. The number of carbonyl (C=O) groups excluding carboxylic acids is 2. The molecule has 4 N–H and O–H groups in total. The van der Waals surface area contributed by atoms with Crippen molar-refractivity contribution in [1.82, 2.24) is 4.90 Å². The van der Waals surface area contributed by atoms with Gasteiger partial charge in [-0.15, -0.1) is 0 Å². The molecule has 5 nitrogen and oxygen atoms in total. The third-order valence-electron chi connectivity index (χ3n) is 3.86. The van der Waals surface area contributed by atoms with E-state index in [0.717, 1.165) is 11.1 Å². The Morgan fingerprint density at radius 2 is 1.85 bits per heavy atom. The van der Waals surface area contributed by atoms with Crippen LogP contribution in [0.15, 0.2) is 24.3 Å². The van der Waals surface area contributed by atoms with Gasteiger partial charge in [-0.1, -0.05) is 38.1 Å². The van der Waals surface area contributed by atoms with Gasteiger partial charge in [0.1, 0.15) is 6.04 Å². The molecule has 2 amide bonds. The average Bonchev–Trinajstić information content (AvgIpc) is 2.44. The molecule has 1 aliphatic rings. The summed E-state index contributed by atoms with van der Waals surface area (Å²) in [4.78, 5) is 25.6. The van der Waals surface area contributed by atoms with Gasteiger partial charge in [0.2, 0.25) is 11.8 Å². The van der Waals surface area contributed by atoms with Crippen LogP contribution in [0.4, 0.5) is 0 Å². The quantitative estimate of drug-likeness (QED) is 0.837. The maximum atomic E-state index is 12.5. The van der Waals surface area contributed by atoms with Gasteiger partial charge < -0.3 is 16.4 Å². The van der Waals surface area contributed by atoms with Gasteiger partial charge in [0, 0.05) is 13.0 Å². The molecule has 1 aliphatic heterocycles. The molecule has 0 spiro atoms. The van der Waals surface area contributed by atoms with Crippen LogP contribution in [0, 0.1) is 5.92 Å². The van der Waals surface area contributed by atoms with E-state index in [-0.39, 0.29) is 11.8 Å². The van der Waals surface area contributed by atoms with E-state index in [9.17, 15) is 9.59 Å². The largest absolute Gasteiger partial charge is 0.368 e. The SMILES string of the molecule is CC(C)[C@H](N)C(=O)N1Cc2ccccc2C[C@H]1C(N)=O. The molecule has 20 heavy (non-hydrogen) atoms. The van der Waals surface area contributed by atoms with Crippen LogP contribution in [0.1, 0.15) is 25.0 Å². The van der Waals surface area contributed by atoms with Gasteiger partial charge in [0.25, 0.3) is 0 Å². The molecule has 2 atom stereocenters. The molecule has 1 aromatic rings. The van der Waals surface area contributed by atoms with Crippen molar-refractivity contribution < 1.29 is 9.59 Å². The highest BCUT2D eigenvalue weighted by molar-refractivity contribution is 5.89. The van der Waals surface area contributed by atoms with Crippen LogP contribution in [0.3, 0.4) is 0 Å². The molecule has 5 heteroatoms. The average molecular weight is 275 g/mol. The third kappa shape index (κ3) is 2.67. The molecule has 1 heterocycles. The molecular formula is C15H21N3O2. The Balaban J connectivity index is 2.31. The van der Waals surface area contributed by atoms with Gasteiger partial charge in [-0.05, 0) is 17.0 Å². The molecule has 0 aliphatic carbocycles. The summed E-state index contributed by atoms with van der Waals surface area (Å²) in [6.45, 7) is 4.17. The van der Waals surface area contributed by atoms with Crippen LogP contribution in [0.2, 0.25) is 0 Å². The predicted octanol–water partition coefficient (Wildman–Crippen LogP) is 0.408. The third-order valence-corrected chi connectivity index (χ3v) is 3.86. The first-order chi connectivity index (χ1) is 9.41. The highest BCUT2D eigenvalue weighted by Gasteiger charge is 2.35. The van der Waals surface area contributed by atoms with Crippen molar-refractivity contribution in [3.05, 3.63) is 35.4 Å². The Kier molecular flexibility index (Phi) is 4.09. The Morgan fingerprint density at radius 1 is 1.25 bits per heavy atom. The van der Waals surface area contributed by atoms with E-state index in [1.807, 2.05) is 38.1 Å². The fourth-order valence-electron chi connectivity index (χ4n) is 2.49. The van der Waals surface area contributed by atoms with Crippen molar-refractivity contribution in [3.63, 3.8) is 0 Å². The molecule has 0 radical (unpaired) electrons. The highest BCUT2D eigenvalue weighted by Crippen LogP contribution is 2.24. The lowest BCUT2D eigenvalue weighted by Crippen LogP contribution is -2.56. The fourth-order valence-corrected chi connectivity index (χ4v) is 2.49. The molecule has 108 valence electrons. The number of benzene rings is 1. The molecule has 0 unspecified atom stereocenters. The van der Waals surface area contributed by atoms with Crippen LogP contribution in [-0.2, 0) is 22.6 Å². The zero-order valence-electron chi connectivity index (χ0n) is 11.9. The van der Waals surface area contributed by atoms with E-state index < -0.39 is 18.0 Å². The molecule has 0 aromatic heterocycles. The summed E-state index contributed by atoms with van der Waals surface area (Å²) < 4.78 is 0. The van der Waals surface area contributed by atoms with Crippen LogP contribution in [-0.4, -0.2) is 28.8 Å². The lowest BCUT2D eigenvalue weighted by molar-refractivity contribution is -0.142. The monoisotopic (exact) mass is 275 g/mol. The second-order valence-corrected chi connectivity index (χ2v) is 5.63. The van der Waals surface area contributed by atoms with Crippen molar-refractivity contribution in [3.8, 4) is 0 Å². The van der Waals surface area contributed by atoms with E-state index >= 15 is 0 Å². The van der Waals surface area contributed by atoms with Crippen molar-refractivity contribution in [2.24, 2.45) is 17.4 Å². The molecule has 0 saturated heterocycles. The summed E-state index contributed by atoms with van der Waals surface area (Å²) in [7, 11) is 0. The van der Waals surface area contributed by atoms with Crippen LogP contribution in [0.25, 0.3) is 0 Å². The second kappa shape index (κ2) is 5.63. The second-order valence-electron chi connectivity index (χ2n) is 5.63. The summed E-state index contributed by atoms with van der Waals surface area (Å²) >= 11 is 0. The summed E-state index contributed by atoms with van der Waals surface area (Å²) in [5.41, 5.74) is 13.5. The molecule has 2 rings (SSSR count). The Morgan fingerprint density at radius 3 is 2.40 bits per heavy atom. The van der Waals surface area contributed by atoms with Gasteiger partial charge in [-0.2, -0.15) is 0 Å². The van der Waals surface area contributed by atoms with E-state index in [1.165, 1.54) is 4.90 Å².